The number of para-hydroxylation sites is 1. The summed E-state index contributed by atoms with van der Waals surface area (Å²) in [5.41, 5.74) is 0.153. The molecule has 1 aliphatic rings. The number of fused-ring (bicyclic) bond motifs is 1. The van der Waals surface area contributed by atoms with E-state index in [1.165, 1.54) is 0 Å². The predicted molar refractivity (Wildman–Crippen MR) is 101 cm³/mol. The van der Waals surface area contributed by atoms with Crippen molar-refractivity contribution in [3.63, 3.8) is 0 Å². The highest BCUT2D eigenvalue weighted by atomic mass is 35.5. The van der Waals surface area contributed by atoms with Crippen LogP contribution in [0.25, 0.3) is 10.9 Å². The number of hydrogen-bond acceptors (Lipinski definition) is 4. The van der Waals surface area contributed by atoms with E-state index in [-0.39, 0.29) is 0 Å². The van der Waals surface area contributed by atoms with Gasteiger partial charge in [0, 0.05) is 29.1 Å². The molecule has 4 nitrogen and oxygen atoms in total. The van der Waals surface area contributed by atoms with E-state index in [0.717, 1.165) is 5.39 Å². The maximum absolute atomic E-state index is 13.2. The van der Waals surface area contributed by atoms with E-state index in [9.17, 15) is 13.9 Å². The third-order valence-electron chi connectivity index (χ3n) is 5.06. The van der Waals surface area contributed by atoms with Gasteiger partial charge in [-0.1, -0.05) is 41.9 Å². The second-order valence-electron chi connectivity index (χ2n) is 6.72. The number of anilines is 1. The summed E-state index contributed by atoms with van der Waals surface area (Å²) in [7, 11) is 0. The van der Waals surface area contributed by atoms with E-state index in [2.05, 4.69) is 9.97 Å². The summed E-state index contributed by atoms with van der Waals surface area (Å²) in [6.07, 6.45) is -1.88. The van der Waals surface area contributed by atoms with Crippen molar-refractivity contribution >= 4 is 28.3 Å². The summed E-state index contributed by atoms with van der Waals surface area (Å²) >= 11 is 6.26. The van der Waals surface area contributed by atoms with E-state index in [4.69, 9.17) is 11.6 Å². The van der Waals surface area contributed by atoms with Crippen LogP contribution in [0.3, 0.4) is 0 Å². The number of hydrogen-bond donors (Lipinski definition) is 1. The van der Waals surface area contributed by atoms with Crippen molar-refractivity contribution in [2.45, 2.75) is 24.9 Å². The van der Waals surface area contributed by atoms with Gasteiger partial charge in [0.05, 0.1) is 11.1 Å². The number of halogens is 3. The Morgan fingerprint density at radius 1 is 1.00 bits per heavy atom. The molecule has 27 heavy (non-hydrogen) atoms. The monoisotopic (exact) mass is 389 g/mol. The van der Waals surface area contributed by atoms with Crippen LogP contribution in [-0.4, -0.2) is 28.2 Å². The number of aromatic nitrogens is 2. The van der Waals surface area contributed by atoms with Crippen molar-refractivity contribution in [1.82, 2.24) is 9.97 Å². The van der Waals surface area contributed by atoms with Crippen molar-refractivity contribution in [2.24, 2.45) is 0 Å². The molecular weight excluding hydrogens is 372 g/mol. The van der Waals surface area contributed by atoms with Gasteiger partial charge in [0.15, 0.2) is 5.82 Å². The van der Waals surface area contributed by atoms with Crippen LogP contribution in [0.15, 0.2) is 48.5 Å². The molecule has 2 aromatic carbocycles. The quantitative estimate of drug-likeness (QED) is 0.704. The Hall–Kier alpha value is -2.31. The van der Waals surface area contributed by atoms with Crippen LogP contribution >= 0.6 is 11.6 Å². The molecule has 0 bridgehead atoms. The van der Waals surface area contributed by atoms with Gasteiger partial charge < -0.3 is 10.0 Å². The van der Waals surface area contributed by atoms with Gasteiger partial charge in [0.25, 0.3) is 6.43 Å². The minimum Gasteiger partial charge on any atom is -0.385 e. The summed E-state index contributed by atoms with van der Waals surface area (Å²) < 4.78 is 26.5. The minimum absolute atomic E-state index is 0.430. The standard InChI is InChI=1S/C20H18ClF2N3O/c21-15-7-3-2-6-14(15)20(27)9-11-26(12-10-20)19-13-5-1-4-8-16(13)24-18(25-19)17(22)23/h1-8,17,27H,9-12H2. The van der Waals surface area contributed by atoms with E-state index in [1.54, 1.807) is 18.2 Å². The first-order chi connectivity index (χ1) is 13.0. The van der Waals surface area contributed by atoms with Crippen LogP contribution in [0, 0.1) is 0 Å². The van der Waals surface area contributed by atoms with E-state index in [0.29, 0.717) is 47.9 Å². The summed E-state index contributed by atoms with van der Waals surface area (Å²) in [6, 6.07) is 14.4. The highest BCUT2D eigenvalue weighted by Crippen LogP contribution is 2.38. The SMILES string of the molecule is OC1(c2ccccc2Cl)CCN(c2nc(C(F)F)nc3ccccc23)CC1. The third kappa shape index (κ3) is 3.35. The fourth-order valence-electron chi connectivity index (χ4n) is 3.61. The summed E-state index contributed by atoms with van der Waals surface area (Å²) in [5.74, 6) is 0.00717. The molecule has 7 heteroatoms. The lowest BCUT2D eigenvalue weighted by Gasteiger charge is -2.39. The normalized spacial score (nSPS) is 16.9. The van der Waals surface area contributed by atoms with Crippen LogP contribution in [0.1, 0.15) is 30.7 Å². The van der Waals surface area contributed by atoms with Crippen molar-refractivity contribution in [3.05, 3.63) is 64.9 Å². The largest absolute Gasteiger partial charge is 0.385 e. The first kappa shape index (κ1) is 18.1. The fraction of sp³-hybridized carbons (Fsp3) is 0.300. The highest BCUT2D eigenvalue weighted by Gasteiger charge is 2.36. The molecule has 1 fully saturated rings. The Labute approximate surface area is 160 Å². The predicted octanol–water partition coefficient (Wildman–Crippen LogP) is 4.71. The van der Waals surface area contributed by atoms with Crippen LogP contribution < -0.4 is 4.90 Å². The van der Waals surface area contributed by atoms with Crippen LogP contribution in [0.4, 0.5) is 14.6 Å². The van der Waals surface area contributed by atoms with Crippen molar-refractivity contribution in [1.29, 1.82) is 0 Å². The van der Waals surface area contributed by atoms with Crippen LogP contribution in [0.2, 0.25) is 5.02 Å². The number of aliphatic hydroxyl groups is 1. The third-order valence-corrected chi connectivity index (χ3v) is 5.39. The van der Waals surface area contributed by atoms with E-state index < -0.39 is 17.9 Å². The zero-order valence-corrected chi connectivity index (χ0v) is 15.2. The number of piperidine rings is 1. The molecular formula is C20H18ClF2N3O. The first-order valence-electron chi connectivity index (χ1n) is 8.75. The zero-order valence-electron chi connectivity index (χ0n) is 14.4. The molecule has 0 saturated carbocycles. The molecule has 1 aliphatic heterocycles. The molecule has 0 amide bonds. The summed E-state index contributed by atoms with van der Waals surface area (Å²) in [4.78, 5) is 10.0. The Bertz CT molecular complexity index is 974. The Morgan fingerprint density at radius 3 is 2.37 bits per heavy atom. The average Bonchev–Trinajstić information content (AvgIpc) is 2.68. The molecule has 3 aromatic rings. The lowest BCUT2D eigenvalue weighted by atomic mass is 9.84. The maximum Gasteiger partial charge on any atom is 0.297 e. The molecule has 140 valence electrons. The van der Waals surface area contributed by atoms with Gasteiger partial charge >= 0.3 is 0 Å². The maximum atomic E-state index is 13.2. The van der Waals surface area contributed by atoms with E-state index in [1.807, 2.05) is 35.2 Å². The topological polar surface area (TPSA) is 49.2 Å². The molecule has 0 radical (unpaired) electrons. The van der Waals surface area contributed by atoms with Gasteiger partial charge in [-0.15, -0.1) is 0 Å². The number of alkyl halides is 2. The fourth-order valence-corrected chi connectivity index (χ4v) is 3.92. The number of nitrogens with zero attached hydrogens (tertiary/aromatic N) is 3. The molecule has 0 atom stereocenters. The lowest BCUT2D eigenvalue weighted by Crippen LogP contribution is -2.43. The number of rotatable bonds is 3. The lowest BCUT2D eigenvalue weighted by molar-refractivity contribution is 0.0118. The van der Waals surface area contributed by atoms with E-state index >= 15 is 0 Å². The zero-order chi connectivity index (χ0) is 19.0. The summed E-state index contributed by atoms with van der Waals surface area (Å²) in [5, 5.41) is 12.3. The molecule has 0 aliphatic carbocycles. The molecule has 1 aromatic heterocycles. The molecule has 0 unspecified atom stereocenters. The van der Waals surface area contributed by atoms with Crippen molar-refractivity contribution in [2.75, 3.05) is 18.0 Å². The highest BCUT2D eigenvalue weighted by molar-refractivity contribution is 6.31. The molecule has 1 N–H and O–H groups in total. The van der Waals surface area contributed by atoms with Gasteiger partial charge in [-0.2, -0.15) is 0 Å². The minimum atomic E-state index is -2.74. The molecule has 1 saturated heterocycles. The van der Waals surface area contributed by atoms with Gasteiger partial charge in [-0.3, -0.25) is 0 Å². The average molecular weight is 390 g/mol. The second-order valence-corrected chi connectivity index (χ2v) is 7.13. The molecule has 4 rings (SSSR count). The number of benzene rings is 2. The van der Waals surface area contributed by atoms with Gasteiger partial charge in [-0.05, 0) is 31.0 Å². The van der Waals surface area contributed by atoms with Gasteiger partial charge in [0.2, 0.25) is 0 Å². The second kappa shape index (κ2) is 7.02. The van der Waals surface area contributed by atoms with Crippen LogP contribution in [0.5, 0.6) is 0 Å². The molecule has 0 spiro atoms. The van der Waals surface area contributed by atoms with Crippen molar-refractivity contribution in [3.8, 4) is 0 Å². The molecule has 2 heterocycles. The first-order valence-corrected chi connectivity index (χ1v) is 9.13. The Balaban J connectivity index is 1.66. The van der Waals surface area contributed by atoms with Gasteiger partial charge in [0.1, 0.15) is 5.82 Å². The Morgan fingerprint density at radius 2 is 1.67 bits per heavy atom. The Kier molecular flexibility index (Phi) is 4.70. The van der Waals surface area contributed by atoms with Crippen molar-refractivity contribution < 1.29 is 13.9 Å². The van der Waals surface area contributed by atoms with Crippen LogP contribution in [-0.2, 0) is 5.60 Å². The smallest absolute Gasteiger partial charge is 0.297 e. The van der Waals surface area contributed by atoms with Gasteiger partial charge in [-0.25, -0.2) is 18.7 Å². The summed E-state index contributed by atoms with van der Waals surface area (Å²) in [6.45, 7) is 0.955.